The number of likely N-dealkylation sites (tertiary alicyclic amines) is 1. The third-order valence-electron chi connectivity index (χ3n) is 6.40. The van der Waals surface area contributed by atoms with Crippen LogP contribution in [0.2, 0.25) is 0 Å². The molecule has 7 heteroatoms. The molecule has 1 aromatic carbocycles. The molecule has 174 valence electrons. The Hall–Kier alpha value is -3.35. The summed E-state index contributed by atoms with van der Waals surface area (Å²) in [5.74, 6) is 0.0382. The van der Waals surface area contributed by atoms with Gasteiger partial charge in [0.2, 0.25) is 5.91 Å². The maximum atomic E-state index is 13.5. The summed E-state index contributed by atoms with van der Waals surface area (Å²) in [5.41, 5.74) is 3.82. The molecule has 1 aliphatic heterocycles. The second-order valence-electron chi connectivity index (χ2n) is 8.50. The first-order valence-corrected chi connectivity index (χ1v) is 11.5. The van der Waals surface area contributed by atoms with E-state index in [9.17, 15) is 9.59 Å². The number of hydrogen-bond donors (Lipinski definition) is 0. The number of para-hydroxylation sites is 1. The van der Waals surface area contributed by atoms with Gasteiger partial charge in [0.05, 0.1) is 25.3 Å². The van der Waals surface area contributed by atoms with Gasteiger partial charge in [-0.15, -0.1) is 0 Å². The van der Waals surface area contributed by atoms with Crippen molar-refractivity contribution in [1.82, 2.24) is 14.3 Å². The van der Waals surface area contributed by atoms with Gasteiger partial charge < -0.3 is 18.8 Å². The van der Waals surface area contributed by atoms with Gasteiger partial charge in [0.1, 0.15) is 11.4 Å². The second-order valence-corrected chi connectivity index (χ2v) is 8.50. The molecule has 0 aliphatic carbocycles. The van der Waals surface area contributed by atoms with Crippen molar-refractivity contribution in [2.45, 2.75) is 39.0 Å². The molecule has 0 saturated carbocycles. The molecule has 2 atom stereocenters. The second kappa shape index (κ2) is 10.1. The van der Waals surface area contributed by atoms with Crippen molar-refractivity contribution >= 4 is 17.5 Å². The zero-order valence-electron chi connectivity index (χ0n) is 19.5. The summed E-state index contributed by atoms with van der Waals surface area (Å²) in [7, 11) is 1.64. The molecule has 3 heterocycles. The molecule has 33 heavy (non-hydrogen) atoms. The van der Waals surface area contributed by atoms with Crippen molar-refractivity contribution in [2.75, 3.05) is 26.8 Å². The van der Waals surface area contributed by atoms with Gasteiger partial charge in [-0.25, -0.2) is 4.98 Å². The summed E-state index contributed by atoms with van der Waals surface area (Å²) in [5, 5.41) is 0. The number of amides is 1. The number of nitrogens with zero attached hydrogens (tertiary/aromatic N) is 3. The highest BCUT2D eigenvalue weighted by Crippen LogP contribution is 2.36. The Morgan fingerprint density at radius 3 is 2.82 bits per heavy atom. The van der Waals surface area contributed by atoms with Crippen LogP contribution in [0.3, 0.4) is 0 Å². The first-order valence-electron chi connectivity index (χ1n) is 11.5. The van der Waals surface area contributed by atoms with Gasteiger partial charge in [-0.1, -0.05) is 24.3 Å². The standard InChI is InChI=1S/C26H31N3O4/c1-4-33-26(31)19-10-8-13-28(17-19)24(30)15-21(20-11-5-6-12-23(20)32-3)22-16-27-25-18(2)9-7-14-29(22)25/h5-7,9,11-12,14,16,19,21H,4,8,10,13,15,17H2,1-3H3. The van der Waals surface area contributed by atoms with Crippen molar-refractivity contribution in [3.63, 3.8) is 0 Å². The van der Waals surface area contributed by atoms with E-state index in [1.807, 2.05) is 60.6 Å². The highest BCUT2D eigenvalue weighted by molar-refractivity contribution is 5.80. The molecule has 0 bridgehead atoms. The molecule has 1 fully saturated rings. The molecule has 4 rings (SSSR count). The van der Waals surface area contributed by atoms with E-state index in [1.54, 1.807) is 14.0 Å². The van der Waals surface area contributed by atoms with Gasteiger partial charge in [-0.05, 0) is 44.4 Å². The fourth-order valence-electron chi connectivity index (χ4n) is 4.72. The quantitative estimate of drug-likeness (QED) is 0.510. The number of carbonyl (C=O) groups excluding carboxylic acids is 2. The van der Waals surface area contributed by atoms with Crippen molar-refractivity contribution < 1.29 is 19.1 Å². The maximum absolute atomic E-state index is 13.5. The van der Waals surface area contributed by atoms with Crippen molar-refractivity contribution in [3.05, 3.63) is 65.6 Å². The smallest absolute Gasteiger partial charge is 0.310 e. The molecular weight excluding hydrogens is 418 g/mol. The van der Waals surface area contributed by atoms with E-state index in [4.69, 9.17) is 9.47 Å². The van der Waals surface area contributed by atoms with E-state index in [0.717, 1.165) is 41.1 Å². The molecule has 0 N–H and O–H groups in total. The topological polar surface area (TPSA) is 73.1 Å². The van der Waals surface area contributed by atoms with Gasteiger partial charge >= 0.3 is 5.97 Å². The number of esters is 1. The van der Waals surface area contributed by atoms with Gasteiger partial charge in [0, 0.05) is 43.4 Å². The molecule has 1 aliphatic rings. The molecular formula is C26H31N3O4. The van der Waals surface area contributed by atoms with Crippen LogP contribution >= 0.6 is 0 Å². The molecule has 3 aromatic rings. The van der Waals surface area contributed by atoms with Crippen LogP contribution in [0.1, 0.15) is 48.9 Å². The fraction of sp³-hybridized carbons (Fsp3) is 0.423. The molecule has 7 nitrogen and oxygen atoms in total. The number of piperidine rings is 1. The lowest BCUT2D eigenvalue weighted by molar-refractivity contribution is -0.151. The Bertz CT molecular complexity index is 1140. The van der Waals surface area contributed by atoms with Gasteiger partial charge in [-0.2, -0.15) is 0 Å². The van der Waals surface area contributed by atoms with E-state index < -0.39 is 0 Å². The molecule has 0 radical (unpaired) electrons. The normalized spacial score (nSPS) is 17.1. The van der Waals surface area contributed by atoms with Crippen LogP contribution in [-0.4, -0.2) is 53.0 Å². The van der Waals surface area contributed by atoms with Crippen molar-refractivity contribution in [2.24, 2.45) is 5.92 Å². The van der Waals surface area contributed by atoms with E-state index in [1.165, 1.54) is 0 Å². The third kappa shape index (κ3) is 4.72. The average Bonchev–Trinajstić information content (AvgIpc) is 3.28. The minimum absolute atomic E-state index is 0.0162. The summed E-state index contributed by atoms with van der Waals surface area (Å²) < 4.78 is 12.9. The predicted molar refractivity (Wildman–Crippen MR) is 125 cm³/mol. The SMILES string of the molecule is CCOC(=O)C1CCCN(C(=O)CC(c2ccccc2OC)c2cnc3c(C)cccn23)C1. The minimum Gasteiger partial charge on any atom is -0.496 e. The van der Waals surface area contributed by atoms with E-state index >= 15 is 0 Å². The zero-order chi connectivity index (χ0) is 23.4. The van der Waals surface area contributed by atoms with Crippen LogP contribution in [-0.2, 0) is 14.3 Å². The van der Waals surface area contributed by atoms with Crippen LogP contribution in [0.15, 0.2) is 48.8 Å². The highest BCUT2D eigenvalue weighted by atomic mass is 16.5. The van der Waals surface area contributed by atoms with Crippen LogP contribution < -0.4 is 4.74 Å². The minimum atomic E-state index is -0.259. The number of rotatable bonds is 7. The Morgan fingerprint density at radius 2 is 2.03 bits per heavy atom. The lowest BCUT2D eigenvalue weighted by atomic mass is 9.90. The van der Waals surface area contributed by atoms with Crippen LogP contribution in [0.25, 0.3) is 5.65 Å². The summed E-state index contributed by atoms with van der Waals surface area (Å²) in [4.78, 5) is 32.2. The number of aryl methyl sites for hydroxylation is 1. The Kier molecular flexibility index (Phi) is 6.96. The van der Waals surface area contributed by atoms with Crippen LogP contribution in [0, 0.1) is 12.8 Å². The van der Waals surface area contributed by atoms with Gasteiger partial charge in [0.15, 0.2) is 0 Å². The highest BCUT2D eigenvalue weighted by Gasteiger charge is 2.32. The number of ether oxygens (including phenoxy) is 2. The monoisotopic (exact) mass is 449 g/mol. The summed E-state index contributed by atoms with van der Waals surface area (Å²) in [6.45, 7) is 5.24. The predicted octanol–water partition coefficient (Wildman–Crippen LogP) is 3.98. The van der Waals surface area contributed by atoms with E-state index in [0.29, 0.717) is 19.7 Å². The Morgan fingerprint density at radius 1 is 1.21 bits per heavy atom. The Balaban J connectivity index is 1.66. The summed E-state index contributed by atoms with van der Waals surface area (Å²) >= 11 is 0. The number of aromatic nitrogens is 2. The molecule has 2 aromatic heterocycles. The van der Waals surface area contributed by atoms with E-state index in [2.05, 4.69) is 9.38 Å². The van der Waals surface area contributed by atoms with E-state index in [-0.39, 0.29) is 30.1 Å². The summed E-state index contributed by atoms with van der Waals surface area (Å²) in [6, 6.07) is 11.8. The molecule has 2 unspecified atom stereocenters. The lowest BCUT2D eigenvalue weighted by Crippen LogP contribution is -2.43. The molecule has 0 spiro atoms. The Labute approximate surface area is 194 Å². The number of methoxy groups -OCH3 is 1. The zero-order valence-corrected chi connectivity index (χ0v) is 19.5. The lowest BCUT2D eigenvalue weighted by Gasteiger charge is -2.32. The molecule has 1 amide bonds. The number of imidazole rings is 1. The van der Waals surface area contributed by atoms with Crippen molar-refractivity contribution in [1.29, 1.82) is 0 Å². The van der Waals surface area contributed by atoms with Gasteiger partial charge in [-0.3, -0.25) is 9.59 Å². The number of carbonyl (C=O) groups is 2. The largest absolute Gasteiger partial charge is 0.496 e. The number of fused-ring (bicyclic) bond motifs is 1. The first-order chi connectivity index (χ1) is 16.0. The van der Waals surface area contributed by atoms with Crippen LogP contribution in [0.5, 0.6) is 5.75 Å². The first kappa shape index (κ1) is 22.8. The van der Waals surface area contributed by atoms with Gasteiger partial charge in [0.25, 0.3) is 0 Å². The number of hydrogen-bond acceptors (Lipinski definition) is 5. The number of benzene rings is 1. The fourth-order valence-corrected chi connectivity index (χ4v) is 4.72. The van der Waals surface area contributed by atoms with Crippen LogP contribution in [0.4, 0.5) is 0 Å². The molecule has 1 saturated heterocycles. The maximum Gasteiger partial charge on any atom is 0.310 e. The van der Waals surface area contributed by atoms with Crippen molar-refractivity contribution in [3.8, 4) is 5.75 Å². The average molecular weight is 450 g/mol. The third-order valence-corrected chi connectivity index (χ3v) is 6.40. The summed E-state index contributed by atoms with van der Waals surface area (Å²) in [6.07, 6.45) is 5.64. The number of pyridine rings is 1.